The fraction of sp³-hybridized carbons (Fsp3) is 0.867. The molecule has 19 heavy (non-hydrogen) atoms. The number of piperazine rings is 1. The van der Waals surface area contributed by atoms with E-state index in [1.165, 1.54) is 19.3 Å². The molecule has 1 heterocycles. The van der Waals surface area contributed by atoms with Crippen LogP contribution in [0.4, 0.5) is 0 Å². The Hall–Kier alpha value is -1.06. The fourth-order valence-electron chi connectivity index (χ4n) is 2.87. The van der Waals surface area contributed by atoms with Gasteiger partial charge >= 0.3 is 0 Å². The average molecular weight is 266 g/mol. The van der Waals surface area contributed by atoms with Gasteiger partial charge in [-0.15, -0.1) is 0 Å². The molecule has 1 saturated heterocycles. The van der Waals surface area contributed by atoms with Crippen LogP contribution in [0.15, 0.2) is 0 Å². The maximum Gasteiger partial charge on any atom is 0.248 e. The maximum absolute atomic E-state index is 12.6. The standard InChI is InChI=1S/C15H26N2O2/c1-4-12-13(18)16-15(3,5-2)14(19)17(12)10-6-7-11-8-9-11/h11-12H,4-10H2,1-3H3,(H,16,18). The van der Waals surface area contributed by atoms with Crippen LogP contribution in [0.25, 0.3) is 0 Å². The number of nitrogens with zero attached hydrogens (tertiary/aromatic N) is 1. The minimum absolute atomic E-state index is 0.0119. The second-order valence-electron chi connectivity index (χ2n) is 6.18. The Morgan fingerprint density at radius 3 is 2.53 bits per heavy atom. The quantitative estimate of drug-likeness (QED) is 0.800. The number of rotatable bonds is 6. The van der Waals surface area contributed by atoms with Crippen LogP contribution in [0.2, 0.25) is 0 Å². The lowest BCUT2D eigenvalue weighted by molar-refractivity contribution is -0.154. The summed E-state index contributed by atoms with van der Waals surface area (Å²) in [6, 6.07) is -0.272. The Kier molecular flexibility index (Phi) is 4.16. The van der Waals surface area contributed by atoms with Crippen molar-refractivity contribution in [3.8, 4) is 0 Å². The molecule has 0 spiro atoms. The van der Waals surface area contributed by atoms with Crippen molar-refractivity contribution in [3.05, 3.63) is 0 Å². The molecule has 2 fully saturated rings. The van der Waals surface area contributed by atoms with E-state index in [9.17, 15) is 9.59 Å². The lowest BCUT2D eigenvalue weighted by Gasteiger charge is -2.44. The van der Waals surface area contributed by atoms with Gasteiger partial charge in [-0.25, -0.2) is 0 Å². The minimum Gasteiger partial charge on any atom is -0.340 e. The molecule has 2 amide bonds. The Morgan fingerprint density at radius 1 is 1.32 bits per heavy atom. The second-order valence-corrected chi connectivity index (χ2v) is 6.18. The predicted molar refractivity (Wildman–Crippen MR) is 74.6 cm³/mol. The number of nitrogens with one attached hydrogen (secondary N) is 1. The smallest absolute Gasteiger partial charge is 0.248 e. The van der Waals surface area contributed by atoms with E-state index in [0.717, 1.165) is 18.9 Å². The Morgan fingerprint density at radius 2 is 2.00 bits per heavy atom. The highest BCUT2D eigenvalue weighted by atomic mass is 16.2. The van der Waals surface area contributed by atoms with Crippen molar-refractivity contribution in [1.29, 1.82) is 0 Å². The molecule has 0 aromatic carbocycles. The Bertz CT molecular complexity index is 365. The highest BCUT2D eigenvalue weighted by molar-refractivity contribution is 5.99. The average Bonchev–Trinajstić information content (AvgIpc) is 3.19. The van der Waals surface area contributed by atoms with Gasteiger partial charge in [0.25, 0.3) is 0 Å². The SMILES string of the molecule is CCC1C(=O)NC(C)(CC)C(=O)N1CCCC1CC1. The lowest BCUT2D eigenvalue weighted by Crippen LogP contribution is -2.68. The third-order valence-electron chi connectivity index (χ3n) is 4.61. The molecule has 4 nitrogen and oxygen atoms in total. The molecule has 0 aromatic rings. The van der Waals surface area contributed by atoms with Crippen molar-refractivity contribution in [2.24, 2.45) is 5.92 Å². The van der Waals surface area contributed by atoms with Crippen molar-refractivity contribution >= 4 is 11.8 Å². The molecular formula is C15H26N2O2. The molecule has 0 bridgehead atoms. The first-order valence-electron chi connectivity index (χ1n) is 7.65. The zero-order valence-electron chi connectivity index (χ0n) is 12.4. The minimum atomic E-state index is -0.706. The first-order valence-corrected chi connectivity index (χ1v) is 7.65. The zero-order valence-corrected chi connectivity index (χ0v) is 12.4. The van der Waals surface area contributed by atoms with E-state index in [0.29, 0.717) is 12.8 Å². The Balaban J connectivity index is 2.04. The van der Waals surface area contributed by atoms with Crippen LogP contribution >= 0.6 is 0 Å². The molecule has 2 rings (SSSR count). The molecule has 2 aliphatic rings. The van der Waals surface area contributed by atoms with E-state index < -0.39 is 5.54 Å². The van der Waals surface area contributed by atoms with Gasteiger partial charge < -0.3 is 10.2 Å². The van der Waals surface area contributed by atoms with Crippen LogP contribution in [0.3, 0.4) is 0 Å². The number of hydrogen-bond acceptors (Lipinski definition) is 2. The largest absolute Gasteiger partial charge is 0.340 e. The maximum atomic E-state index is 12.6. The fourth-order valence-corrected chi connectivity index (χ4v) is 2.87. The third-order valence-corrected chi connectivity index (χ3v) is 4.61. The van der Waals surface area contributed by atoms with Crippen LogP contribution in [0.1, 0.15) is 59.3 Å². The van der Waals surface area contributed by atoms with Crippen molar-refractivity contribution in [2.75, 3.05) is 6.54 Å². The number of carbonyl (C=O) groups is 2. The summed E-state index contributed by atoms with van der Waals surface area (Å²) in [5.41, 5.74) is -0.706. The summed E-state index contributed by atoms with van der Waals surface area (Å²) in [4.78, 5) is 26.6. The van der Waals surface area contributed by atoms with Crippen LogP contribution in [0, 0.1) is 5.92 Å². The summed E-state index contributed by atoms with van der Waals surface area (Å²) in [6.45, 7) is 6.50. The first kappa shape index (κ1) is 14.4. The van der Waals surface area contributed by atoms with E-state index in [1.807, 2.05) is 25.7 Å². The van der Waals surface area contributed by atoms with Crippen LogP contribution in [-0.2, 0) is 9.59 Å². The van der Waals surface area contributed by atoms with E-state index in [2.05, 4.69) is 5.32 Å². The van der Waals surface area contributed by atoms with Crippen LogP contribution < -0.4 is 5.32 Å². The normalized spacial score (nSPS) is 31.5. The van der Waals surface area contributed by atoms with Gasteiger partial charge in [-0.05, 0) is 38.5 Å². The van der Waals surface area contributed by atoms with Gasteiger partial charge in [-0.1, -0.05) is 26.7 Å². The van der Waals surface area contributed by atoms with Crippen molar-refractivity contribution < 1.29 is 9.59 Å². The summed E-state index contributed by atoms with van der Waals surface area (Å²) in [5, 5.41) is 2.90. The highest BCUT2D eigenvalue weighted by Gasteiger charge is 2.45. The van der Waals surface area contributed by atoms with Crippen molar-refractivity contribution in [2.45, 2.75) is 70.9 Å². The molecule has 0 radical (unpaired) electrons. The van der Waals surface area contributed by atoms with Crippen LogP contribution in [0.5, 0.6) is 0 Å². The summed E-state index contributed by atoms with van der Waals surface area (Å²) >= 11 is 0. The lowest BCUT2D eigenvalue weighted by atomic mass is 9.91. The molecule has 0 aromatic heterocycles. The van der Waals surface area contributed by atoms with Gasteiger partial charge in [-0.2, -0.15) is 0 Å². The van der Waals surface area contributed by atoms with E-state index in [-0.39, 0.29) is 17.9 Å². The molecule has 1 aliphatic carbocycles. The highest BCUT2D eigenvalue weighted by Crippen LogP contribution is 2.34. The number of amides is 2. The number of hydrogen-bond donors (Lipinski definition) is 1. The molecular weight excluding hydrogens is 240 g/mol. The molecule has 2 unspecified atom stereocenters. The van der Waals surface area contributed by atoms with E-state index in [1.54, 1.807) is 0 Å². The second kappa shape index (κ2) is 5.51. The molecule has 1 saturated carbocycles. The summed E-state index contributed by atoms with van der Waals surface area (Å²) in [6.07, 6.45) is 6.26. The van der Waals surface area contributed by atoms with Gasteiger partial charge in [0.1, 0.15) is 11.6 Å². The van der Waals surface area contributed by atoms with Crippen molar-refractivity contribution in [1.82, 2.24) is 10.2 Å². The molecule has 4 heteroatoms. The van der Waals surface area contributed by atoms with Crippen LogP contribution in [-0.4, -0.2) is 34.8 Å². The van der Waals surface area contributed by atoms with Gasteiger partial charge in [0.05, 0.1) is 0 Å². The van der Waals surface area contributed by atoms with E-state index in [4.69, 9.17) is 0 Å². The van der Waals surface area contributed by atoms with Gasteiger partial charge in [0.2, 0.25) is 11.8 Å². The summed E-state index contributed by atoms with van der Waals surface area (Å²) < 4.78 is 0. The van der Waals surface area contributed by atoms with Gasteiger partial charge in [0, 0.05) is 6.54 Å². The van der Waals surface area contributed by atoms with Gasteiger partial charge in [0.15, 0.2) is 0 Å². The predicted octanol–water partition coefficient (Wildman–Crippen LogP) is 2.08. The molecule has 1 N–H and O–H groups in total. The molecule has 2 atom stereocenters. The van der Waals surface area contributed by atoms with Gasteiger partial charge in [-0.3, -0.25) is 9.59 Å². The van der Waals surface area contributed by atoms with E-state index >= 15 is 0 Å². The zero-order chi connectivity index (χ0) is 14.0. The Labute approximate surface area is 115 Å². The molecule has 108 valence electrons. The topological polar surface area (TPSA) is 49.4 Å². The third kappa shape index (κ3) is 2.93. The first-order chi connectivity index (χ1) is 9.01. The summed E-state index contributed by atoms with van der Waals surface area (Å²) in [5.74, 6) is 0.987. The molecule has 1 aliphatic heterocycles. The monoisotopic (exact) mass is 266 g/mol. The summed E-state index contributed by atoms with van der Waals surface area (Å²) in [7, 11) is 0. The van der Waals surface area contributed by atoms with Crippen molar-refractivity contribution in [3.63, 3.8) is 0 Å². The number of carbonyl (C=O) groups excluding carboxylic acids is 2.